The first kappa shape index (κ1) is 6.35. The van der Waals surface area contributed by atoms with E-state index in [1.165, 1.54) is 0 Å². The molecule has 0 bridgehead atoms. The summed E-state index contributed by atoms with van der Waals surface area (Å²) in [5.41, 5.74) is 0. The molecule has 9 heavy (non-hydrogen) atoms. The summed E-state index contributed by atoms with van der Waals surface area (Å²) in [5.74, 6) is 0. The van der Waals surface area contributed by atoms with Crippen molar-refractivity contribution in [2.75, 3.05) is 26.4 Å². The van der Waals surface area contributed by atoms with Crippen LogP contribution in [0.15, 0.2) is 0 Å². The van der Waals surface area contributed by atoms with Crippen molar-refractivity contribution in [3.05, 3.63) is 0 Å². The van der Waals surface area contributed by atoms with E-state index in [0.29, 0.717) is 26.4 Å². The van der Waals surface area contributed by atoms with Gasteiger partial charge in [-0.15, -0.1) is 0 Å². The van der Waals surface area contributed by atoms with Crippen molar-refractivity contribution in [2.45, 2.75) is 0 Å². The summed E-state index contributed by atoms with van der Waals surface area (Å²) in [6.45, 7) is 1.52. The maximum atomic E-state index is 10.3. The van der Waals surface area contributed by atoms with E-state index in [4.69, 9.17) is 4.74 Å². The van der Waals surface area contributed by atoms with Crippen molar-refractivity contribution >= 4 is 6.16 Å². The van der Waals surface area contributed by atoms with Crippen LogP contribution in [0, 0.1) is 0 Å². The lowest BCUT2D eigenvalue weighted by Crippen LogP contribution is -2.19. The minimum absolute atomic E-state index is 0.291. The van der Waals surface area contributed by atoms with Gasteiger partial charge in [-0.25, -0.2) is 4.79 Å². The van der Waals surface area contributed by atoms with E-state index in [1.807, 2.05) is 0 Å². The number of hydrogen-bond acceptors (Lipinski definition) is 4. The molecule has 0 aromatic rings. The Balaban J connectivity index is 2.20. The maximum Gasteiger partial charge on any atom is 0.508 e. The van der Waals surface area contributed by atoms with Crippen LogP contribution in [0.5, 0.6) is 0 Å². The summed E-state index contributed by atoms with van der Waals surface area (Å²) in [4.78, 5) is 10.3. The highest BCUT2D eigenvalue weighted by Gasteiger charge is 2.05. The molecule has 0 aromatic heterocycles. The largest absolute Gasteiger partial charge is 0.508 e. The van der Waals surface area contributed by atoms with Gasteiger partial charge in [-0.1, -0.05) is 0 Å². The van der Waals surface area contributed by atoms with Crippen LogP contribution in [-0.4, -0.2) is 32.6 Å². The molecule has 0 radical (unpaired) electrons. The standard InChI is InChI=1S/C5H8O4/c6-5-8-3-1-7-2-4-9-5/h1-4H2. The van der Waals surface area contributed by atoms with Crippen LogP contribution >= 0.6 is 0 Å². The normalized spacial score (nSPS) is 21.1. The van der Waals surface area contributed by atoms with Crippen molar-refractivity contribution in [1.82, 2.24) is 0 Å². The van der Waals surface area contributed by atoms with Crippen molar-refractivity contribution in [2.24, 2.45) is 0 Å². The number of carbonyl (C=O) groups excluding carboxylic acids is 1. The Labute approximate surface area is 52.7 Å². The first-order chi connectivity index (χ1) is 4.39. The topological polar surface area (TPSA) is 44.8 Å². The third kappa shape index (κ3) is 2.32. The van der Waals surface area contributed by atoms with Crippen LogP contribution in [0.25, 0.3) is 0 Å². The van der Waals surface area contributed by atoms with Gasteiger partial charge in [0.1, 0.15) is 13.2 Å². The first-order valence-corrected chi connectivity index (χ1v) is 2.77. The SMILES string of the molecule is O=C1OCCOCCO1. The summed E-state index contributed by atoms with van der Waals surface area (Å²) in [6, 6.07) is 0. The van der Waals surface area contributed by atoms with Crippen LogP contribution in [-0.2, 0) is 14.2 Å². The van der Waals surface area contributed by atoms with E-state index in [-0.39, 0.29) is 0 Å². The predicted octanol–water partition coefficient (Wildman–Crippen LogP) is 0.170. The lowest BCUT2D eigenvalue weighted by Gasteiger charge is -2.10. The van der Waals surface area contributed by atoms with Crippen molar-refractivity contribution < 1.29 is 19.0 Å². The lowest BCUT2D eigenvalue weighted by atomic mass is 10.7. The molecule has 4 heteroatoms. The molecule has 0 amide bonds. The zero-order chi connectivity index (χ0) is 6.53. The molecule has 0 saturated carbocycles. The zero-order valence-corrected chi connectivity index (χ0v) is 4.96. The smallest absolute Gasteiger partial charge is 0.432 e. The van der Waals surface area contributed by atoms with E-state index < -0.39 is 6.16 Å². The molecular formula is C5H8O4. The summed E-state index contributed by atoms with van der Waals surface area (Å²) >= 11 is 0. The predicted molar refractivity (Wildman–Crippen MR) is 28.1 cm³/mol. The van der Waals surface area contributed by atoms with Gasteiger partial charge in [-0.3, -0.25) is 0 Å². The quantitative estimate of drug-likeness (QED) is 0.441. The minimum atomic E-state index is -0.599. The highest BCUT2D eigenvalue weighted by Crippen LogP contribution is 1.90. The van der Waals surface area contributed by atoms with Crippen molar-refractivity contribution in [3.8, 4) is 0 Å². The van der Waals surface area contributed by atoms with Crippen LogP contribution in [0.3, 0.4) is 0 Å². The van der Waals surface area contributed by atoms with Crippen LogP contribution in [0.4, 0.5) is 4.79 Å². The fourth-order valence-corrected chi connectivity index (χ4v) is 0.512. The Kier molecular flexibility index (Phi) is 2.32. The summed E-state index contributed by atoms with van der Waals surface area (Å²) in [7, 11) is 0. The van der Waals surface area contributed by atoms with Gasteiger partial charge in [0.05, 0.1) is 13.2 Å². The second-order valence-corrected chi connectivity index (χ2v) is 1.56. The van der Waals surface area contributed by atoms with Gasteiger partial charge in [-0.05, 0) is 0 Å². The lowest BCUT2D eigenvalue weighted by molar-refractivity contribution is -0.0180. The molecular weight excluding hydrogens is 124 g/mol. The van der Waals surface area contributed by atoms with E-state index >= 15 is 0 Å². The highest BCUT2D eigenvalue weighted by molar-refractivity contribution is 5.59. The van der Waals surface area contributed by atoms with Gasteiger partial charge >= 0.3 is 6.16 Å². The number of rotatable bonds is 0. The van der Waals surface area contributed by atoms with Gasteiger partial charge in [0.2, 0.25) is 0 Å². The molecule has 0 atom stereocenters. The number of carbonyl (C=O) groups is 1. The first-order valence-electron chi connectivity index (χ1n) is 2.77. The van der Waals surface area contributed by atoms with Crippen molar-refractivity contribution in [1.29, 1.82) is 0 Å². The second kappa shape index (κ2) is 3.29. The molecule has 0 N–H and O–H groups in total. The van der Waals surface area contributed by atoms with Crippen LogP contribution in [0.1, 0.15) is 0 Å². The van der Waals surface area contributed by atoms with E-state index in [2.05, 4.69) is 9.47 Å². The van der Waals surface area contributed by atoms with Gasteiger partial charge < -0.3 is 14.2 Å². The Hall–Kier alpha value is -0.770. The summed E-state index contributed by atoms with van der Waals surface area (Å²) in [5, 5.41) is 0. The molecule has 4 nitrogen and oxygen atoms in total. The van der Waals surface area contributed by atoms with E-state index in [0.717, 1.165) is 0 Å². The number of hydrogen-bond donors (Lipinski definition) is 0. The monoisotopic (exact) mass is 132 g/mol. The van der Waals surface area contributed by atoms with Crippen molar-refractivity contribution in [3.63, 3.8) is 0 Å². The minimum Gasteiger partial charge on any atom is -0.432 e. The average Bonchev–Trinajstić information content (AvgIpc) is 1.79. The van der Waals surface area contributed by atoms with Crippen LogP contribution < -0.4 is 0 Å². The number of ether oxygens (including phenoxy) is 3. The summed E-state index contributed by atoms with van der Waals surface area (Å²) in [6.07, 6.45) is -0.599. The van der Waals surface area contributed by atoms with Gasteiger partial charge in [-0.2, -0.15) is 0 Å². The summed E-state index contributed by atoms with van der Waals surface area (Å²) < 4.78 is 13.9. The Morgan fingerprint density at radius 1 is 1.00 bits per heavy atom. The van der Waals surface area contributed by atoms with Crippen LogP contribution in [0.2, 0.25) is 0 Å². The maximum absolute atomic E-state index is 10.3. The fraction of sp³-hybridized carbons (Fsp3) is 0.800. The highest BCUT2D eigenvalue weighted by atomic mass is 16.7. The molecule has 1 aliphatic heterocycles. The second-order valence-electron chi connectivity index (χ2n) is 1.56. The number of cyclic esters (lactones) is 2. The molecule has 1 aliphatic rings. The molecule has 1 rings (SSSR count). The van der Waals surface area contributed by atoms with Gasteiger partial charge in [0, 0.05) is 0 Å². The Morgan fingerprint density at radius 2 is 1.56 bits per heavy atom. The molecule has 1 saturated heterocycles. The molecule has 52 valence electrons. The molecule has 0 unspecified atom stereocenters. The molecule has 0 spiro atoms. The Bertz CT molecular complexity index is 91.1. The molecule has 1 fully saturated rings. The third-order valence-corrected chi connectivity index (χ3v) is 0.895. The molecule has 1 heterocycles. The van der Waals surface area contributed by atoms with E-state index in [9.17, 15) is 4.79 Å². The average molecular weight is 132 g/mol. The Morgan fingerprint density at radius 3 is 2.11 bits per heavy atom. The fourth-order valence-electron chi connectivity index (χ4n) is 0.512. The van der Waals surface area contributed by atoms with E-state index in [1.54, 1.807) is 0 Å². The zero-order valence-electron chi connectivity index (χ0n) is 4.96. The molecule has 0 aromatic carbocycles. The van der Waals surface area contributed by atoms with Gasteiger partial charge in [0.15, 0.2) is 0 Å². The molecule has 0 aliphatic carbocycles. The third-order valence-electron chi connectivity index (χ3n) is 0.895. The van der Waals surface area contributed by atoms with Gasteiger partial charge in [0.25, 0.3) is 0 Å².